The minimum atomic E-state index is -0.568. The molecule has 0 aromatic carbocycles. The quantitative estimate of drug-likeness (QED) is 0.837. The Balaban J connectivity index is 0.00000200. The zero-order chi connectivity index (χ0) is 13.7. The molecule has 1 amide bonds. The molecule has 5 nitrogen and oxygen atoms in total. The fraction of sp³-hybridized carbons (Fsp3) is 0.929. The normalized spacial score (nSPS) is 23.2. The van der Waals surface area contributed by atoms with Crippen LogP contribution in [-0.4, -0.2) is 67.7 Å². The van der Waals surface area contributed by atoms with Gasteiger partial charge in [0.05, 0.1) is 12.1 Å². The first-order chi connectivity index (χ1) is 9.15. The Morgan fingerprint density at radius 2 is 1.85 bits per heavy atom. The molecule has 0 spiro atoms. The third kappa shape index (κ3) is 4.32. The van der Waals surface area contributed by atoms with Gasteiger partial charge in [0, 0.05) is 33.3 Å². The fourth-order valence-electron chi connectivity index (χ4n) is 3.15. The molecule has 2 fully saturated rings. The van der Waals surface area contributed by atoms with Crippen LogP contribution < -0.4 is 5.73 Å². The number of hydrogen-bond acceptors (Lipinski definition) is 4. The van der Waals surface area contributed by atoms with Gasteiger partial charge in [0.1, 0.15) is 0 Å². The van der Waals surface area contributed by atoms with Crippen LogP contribution in [0, 0.1) is 0 Å². The van der Waals surface area contributed by atoms with Gasteiger partial charge < -0.3 is 15.4 Å². The maximum Gasteiger partial charge on any atom is 0.242 e. The largest absolute Gasteiger partial charge is 0.383 e. The lowest BCUT2D eigenvalue weighted by Crippen LogP contribution is -2.54. The molecule has 1 aliphatic carbocycles. The Hall–Kier alpha value is -0.360. The summed E-state index contributed by atoms with van der Waals surface area (Å²) >= 11 is 0. The van der Waals surface area contributed by atoms with Gasteiger partial charge >= 0.3 is 0 Å². The Labute approximate surface area is 128 Å². The van der Waals surface area contributed by atoms with E-state index in [-0.39, 0.29) is 18.3 Å². The van der Waals surface area contributed by atoms with Crippen molar-refractivity contribution in [2.45, 2.75) is 37.6 Å². The molecule has 1 saturated carbocycles. The standard InChI is InChI=1S/C14H27N3O2.ClH/c1-19-12-11-16-7-4-8-17(10-9-16)13(18)14(15)5-2-3-6-14;/h2-12,15H2,1H3;1H. The summed E-state index contributed by atoms with van der Waals surface area (Å²) in [5.41, 5.74) is 5.71. The maximum atomic E-state index is 12.6. The topological polar surface area (TPSA) is 58.8 Å². The molecule has 0 radical (unpaired) electrons. The van der Waals surface area contributed by atoms with E-state index >= 15 is 0 Å². The van der Waals surface area contributed by atoms with Crippen LogP contribution in [0.25, 0.3) is 0 Å². The fourth-order valence-corrected chi connectivity index (χ4v) is 3.15. The van der Waals surface area contributed by atoms with Gasteiger partial charge in [0.15, 0.2) is 0 Å². The molecule has 118 valence electrons. The van der Waals surface area contributed by atoms with E-state index in [1.165, 1.54) is 0 Å². The molecule has 0 aromatic heterocycles. The van der Waals surface area contributed by atoms with E-state index in [0.717, 1.165) is 71.4 Å². The van der Waals surface area contributed by atoms with Crippen molar-refractivity contribution in [3.8, 4) is 0 Å². The second-order valence-corrected chi connectivity index (χ2v) is 5.84. The molecule has 20 heavy (non-hydrogen) atoms. The number of nitrogens with zero attached hydrogens (tertiary/aromatic N) is 2. The summed E-state index contributed by atoms with van der Waals surface area (Å²) in [6, 6.07) is 0. The lowest BCUT2D eigenvalue weighted by atomic mass is 9.97. The molecule has 1 heterocycles. The summed E-state index contributed by atoms with van der Waals surface area (Å²) < 4.78 is 5.11. The van der Waals surface area contributed by atoms with Crippen LogP contribution in [0.5, 0.6) is 0 Å². The van der Waals surface area contributed by atoms with Gasteiger partial charge in [0.25, 0.3) is 0 Å². The Morgan fingerprint density at radius 3 is 2.50 bits per heavy atom. The average molecular weight is 306 g/mol. The van der Waals surface area contributed by atoms with Gasteiger partial charge in [-0.05, 0) is 25.8 Å². The minimum Gasteiger partial charge on any atom is -0.383 e. The average Bonchev–Trinajstić information content (AvgIpc) is 2.73. The number of nitrogens with two attached hydrogens (primary N) is 1. The van der Waals surface area contributed by atoms with Crippen molar-refractivity contribution in [2.24, 2.45) is 5.73 Å². The molecule has 0 unspecified atom stereocenters. The highest BCUT2D eigenvalue weighted by Gasteiger charge is 2.40. The van der Waals surface area contributed by atoms with E-state index in [1.807, 2.05) is 4.90 Å². The first-order valence-corrected chi connectivity index (χ1v) is 7.45. The van der Waals surface area contributed by atoms with E-state index in [1.54, 1.807) is 7.11 Å². The van der Waals surface area contributed by atoms with Gasteiger partial charge in [-0.2, -0.15) is 0 Å². The van der Waals surface area contributed by atoms with Crippen molar-refractivity contribution < 1.29 is 9.53 Å². The molecule has 2 rings (SSSR count). The van der Waals surface area contributed by atoms with Crippen LogP contribution in [0.15, 0.2) is 0 Å². The van der Waals surface area contributed by atoms with E-state index in [9.17, 15) is 4.79 Å². The first-order valence-electron chi connectivity index (χ1n) is 7.45. The van der Waals surface area contributed by atoms with Crippen molar-refractivity contribution in [3.05, 3.63) is 0 Å². The minimum absolute atomic E-state index is 0. The van der Waals surface area contributed by atoms with Gasteiger partial charge in [-0.1, -0.05) is 12.8 Å². The second kappa shape index (κ2) is 8.17. The molecule has 1 saturated heterocycles. The second-order valence-electron chi connectivity index (χ2n) is 5.84. The lowest BCUT2D eigenvalue weighted by Gasteiger charge is -2.30. The number of amides is 1. The summed E-state index contributed by atoms with van der Waals surface area (Å²) in [5.74, 6) is 0.179. The van der Waals surface area contributed by atoms with E-state index in [4.69, 9.17) is 10.5 Å². The van der Waals surface area contributed by atoms with E-state index in [2.05, 4.69) is 4.90 Å². The molecule has 6 heteroatoms. The molecule has 2 N–H and O–H groups in total. The van der Waals surface area contributed by atoms with Crippen LogP contribution in [0.1, 0.15) is 32.1 Å². The predicted octanol–water partition coefficient (Wildman–Crippen LogP) is 0.860. The van der Waals surface area contributed by atoms with Gasteiger partial charge in [-0.25, -0.2) is 0 Å². The van der Waals surface area contributed by atoms with Crippen LogP contribution in [0.4, 0.5) is 0 Å². The number of carbonyl (C=O) groups is 1. The molecule has 1 aliphatic heterocycles. The molecular formula is C14H28ClN3O2. The first kappa shape index (κ1) is 17.7. The molecule has 0 bridgehead atoms. The van der Waals surface area contributed by atoms with Crippen LogP contribution >= 0.6 is 12.4 Å². The summed E-state index contributed by atoms with van der Waals surface area (Å²) in [5, 5.41) is 0. The Bertz CT molecular complexity index is 309. The molecular weight excluding hydrogens is 278 g/mol. The van der Waals surface area contributed by atoms with Gasteiger partial charge in [-0.15, -0.1) is 12.4 Å². The summed E-state index contributed by atoms with van der Waals surface area (Å²) in [6.45, 7) is 5.35. The lowest BCUT2D eigenvalue weighted by molar-refractivity contribution is -0.136. The van der Waals surface area contributed by atoms with Crippen LogP contribution in [0.3, 0.4) is 0 Å². The monoisotopic (exact) mass is 305 g/mol. The highest BCUT2D eigenvalue weighted by atomic mass is 35.5. The Morgan fingerprint density at radius 1 is 1.15 bits per heavy atom. The number of methoxy groups -OCH3 is 1. The predicted molar refractivity (Wildman–Crippen MR) is 82.1 cm³/mol. The van der Waals surface area contributed by atoms with E-state index in [0.29, 0.717) is 0 Å². The SMILES string of the molecule is COCCN1CCCN(C(=O)C2(N)CCCC2)CC1.Cl. The number of carbonyl (C=O) groups excluding carboxylic acids is 1. The third-order valence-electron chi connectivity index (χ3n) is 4.41. The molecule has 2 aliphatic rings. The third-order valence-corrected chi connectivity index (χ3v) is 4.41. The molecule has 0 aromatic rings. The highest BCUT2D eigenvalue weighted by Crippen LogP contribution is 2.29. The van der Waals surface area contributed by atoms with Crippen molar-refractivity contribution >= 4 is 18.3 Å². The highest BCUT2D eigenvalue weighted by molar-refractivity contribution is 5.86. The van der Waals surface area contributed by atoms with Crippen molar-refractivity contribution in [1.82, 2.24) is 9.80 Å². The maximum absolute atomic E-state index is 12.6. The number of ether oxygens (including phenoxy) is 1. The van der Waals surface area contributed by atoms with Crippen LogP contribution in [-0.2, 0) is 9.53 Å². The smallest absolute Gasteiger partial charge is 0.242 e. The number of hydrogen-bond donors (Lipinski definition) is 1. The van der Waals surface area contributed by atoms with Gasteiger partial charge in [0.2, 0.25) is 5.91 Å². The number of rotatable bonds is 4. The van der Waals surface area contributed by atoms with Crippen molar-refractivity contribution in [3.63, 3.8) is 0 Å². The van der Waals surface area contributed by atoms with Gasteiger partial charge in [-0.3, -0.25) is 9.69 Å². The summed E-state index contributed by atoms with van der Waals surface area (Å²) in [4.78, 5) is 16.9. The van der Waals surface area contributed by atoms with Crippen molar-refractivity contribution in [2.75, 3.05) is 46.4 Å². The zero-order valence-corrected chi connectivity index (χ0v) is 13.3. The number of halogens is 1. The van der Waals surface area contributed by atoms with Crippen molar-refractivity contribution in [1.29, 1.82) is 0 Å². The van der Waals surface area contributed by atoms with E-state index < -0.39 is 5.54 Å². The summed E-state index contributed by atoms with van der Waals surface area (Å²) in [6.07, 6.45) is 4.93. The Kier molecular flexibility index (Phi) is 7.23. The zero-order valence-electron chi connectivity index (χ0n) is 12.5. The summed E-state index contributed by atoms with van der Waals surface area (Å²) in [7, 11) is 1.73. The molecule has 0 atom stereocenters. The van der Waals surface area contributed by atoms with Crippen LogP contribution in [0.2, 0.25) is 0 Å².